The Morgan fingerprint density at radius 2 is 1.89 bits per heavy atom. The highest BCUT2D eigenvalue weighted by atomic mass is 17.0. The van der Waals surface area contributed by atoms with E-state index in [9.17, 15) is 9.59 Å². The standard InChI is InChI=1S/C13H14N2O4/c14-13(17)8-1-6-11-12(7-8)19-15(18-11)9-2-4-10(16)5-3-9/h1,6-7,9H,2-5H2,(H2,14,17). The van der Waals surface area contributed by atoms with Gasteiger partial charge in [-0.2, -0.15) is 0 Å². The number of amides is 1. The van der Waals surface area contributed by atoms with Gasteiger partial charge in [-0.3, -0.25) is 9.59 Å². The van der Waals surface area contributed by atoms with Gasteiger partial charge in [0.2, 0.25) is 5.91 Å². The fraction of sp³-hybridized carbons (Fsp3) is 0.385. The number of carbonyl (C=O) groups excluding carboxylic acids is 2. The molecule has 0 spiro atoms. The van der Waals surface area contributed by atoms with Gasteiger partial charge < -0.3 is 15.4 Å². The average molecular weight is 262 g/mol. The van der Waals surface area contributed by atoms with Crippen LogP contribution in [0.15, 0.2) is 18.2 Å². The number of Topliss-reactive ketones (excluding diaryl/α,β-unsaturated/α-hetero) is 1. The number of hydroxylamine groups is 2. The summed E-state index contributed by atoms with van der Waals surface area (Å²) in [6.07, 6.45) is 2.54. The number of nitrogens with two attached hydrogens (primary N) is 1. The van der Waals surface area contributed by atoms with Crippen molar-refractivity contribution in [2.45, 2.75) is 31.7 Å². The third-order valence-corrected chi connectivity index (χ3v) is 3.42. The quantitative estimate of drug-likeness (QED) is 0.866. The number of carbonyl (C=O) groups is 2. The van der Waals surface area contributed by atoms with Crippen molar-refractivity contribution in [3.63, 3.8) is 0 Å². The summed E-state index contributed by atoms with van der Waals surface area (Å²) in [5.41, 5.74) is 5.59. The Bertz CT molecular complexity index is 533. The van der Waals surface area contributed by atoms with Gasteiger partial charge in [0.05, 0.1) is 6.04 Å². The van der Waals surface area contributed by atoms with E-state index in [4.69, 9.17) is 15.4 Å². The van der Waals surface area contributed by atoms with Crippen LogP contribution in [-0.2, 0) is 4.79 Å². The molecule has 0 saturated heterocycles. The summed E-state index contributed by atoms with van der Waals surface area (Å²) in [5.74, 6) is 0.812. The molecule has 1 heterocycles. The molecule has 1 aromatic rings. The van der Waals surface area contributed by atoms with Crippen molar-refractivity contribution in [2.24, 2.45) is 5.73 Å². The van der Waals surface area contributed by atoms with E-state index in [0.717, 1.165) is 12.8 Å². The molecule has 1 saturated carbocycles. The predicted octanol–water partition coefficient (Wildman–Crippen LogP) is 1.20. The van der Waals surface area contributed by atoms with E-state index >= 15 is 0 Å². The second kappa shape index (κ2) is 4.55. The average Bonchev–Trinajstić information content (AvgIpc) is 2.82. The Labute approximate surface area is 110 Å². The SMILES string of the molecule is NC(=O)c1ccc2c(c1)ON(C1CCC(=O)CC1)O2. The summed E-state index contributed by atoms with van der Waals surface area (Å²) in [5, 5.41) is 1.42. The molecule has 100 valence electrons. The zero-order valence-corrected chi connectivity index (χ0v) is 10.3. The number of nitrogens with zero attached hydrogens (tertiary/aromatic N) is 1. The van der Waals surface area contributed by atoms with Crippen molar-refractivity contribution < 1.29 is 19.3 Å². The zero-order valence-electron chi connectivity index (χ0n) is 10.3. The maximum Gasteiger partial charge on any atom is 0.248 e. The molecule has 0 unspecified atom stereocenters. The van der Waals surface area contributed by atoms with Gasteiger partial charge in [0, 0.05) is 23.6 Å². The van der Waals surface area contributed by atoms with Crippen molar-refractivity contribution in [1.82, 2.24) is 5.23 Å². The van der Waals surface area contributed by atoms with Crippen LogP contribution in [0.4, 0.5) is 0 Å². The van der Waals surface area contributed by atoms with E-state index in [1.165, 1.54) is 5.23 Å². The van der Waals surface area contributed by atoms with E-state index in [1.807, 2.05) is 0 Å². The van der Waals surface area contributed by atoms with Crippen LogP contribution in [0.5, 0.6) is 11.5 Å². The number of ketones is 1. The summed E-state index contributed by atoms with van der Waals surface area (Å²) in [6, 6.07) is 4.87. The summed E-state index contributed by atoms with van der Waals surface area (Å²) in [6.45, 7) is 0. The first-order chi connectivity index (χ1) is 9.13. The molecule has 1 aromatic carbocycles. The molecule has 0 radical (unpaired) electrons. The lowest BCUT2D eigenvalue weighted by Crippen LogP contribution is -2.40. The lowest BCUT2D eigenvalue weighted by atomic mass is 9.95. The highest BCUT2D eigenvalue weighted by Crippen LogP contribution is 2.37. The minimum Gasteiger partial charge on any atom is -0.367 e. The van der Waals surface area contributed by atoms with E-state index < -0.39 is 5.91 Å². The number of primary amides is 1. The van der Waals surface area contributed by atoms with Crippen LogP contribution in [0.1, 0.15) is 36.0 Å². The molecule has 1 aliphatic heterocycles. The fourth-order valence-corrected chi connectivity index (χ4v) is 2.31. The molecule has 1 fully saturated rings. The number of hydrogen-bond acceptors (Lipinski definition) is 5. The van der Waals surface area contributed by atoms with Crippen LogP contribution in [0.25, 0.3) is 0 Å². The van der Waals surface area contributed by atoms with Crippen molar-refractivity contribution in [1.29, 1.82) is 0 Å². The van der Waals surface area contributed by atoms with Crippen molar-refractivity contribution in [3.05, 3.63) is 23.8 Å². The first kappa shape index (κ1) is 12.0. The monoisotopic (exact) mass is 262 g/mol. The van der Waals surface area contributed by atoms with Gasteiger partial charge in [0.1, 0.15) is 5.78 Å². The van der Waals surface area contributed by atoms with E-state index in [-0.39, 0.29) is 11.8 Å². The number of rotatable bonds is 2. The molecular weight excluding hydrogens is 248 g/mol. The first-order valence-corrected chi connectivity index (χ1v) is 6.24. The van der Waals surface area contributed by atoms with Crippen LogP contribution in [0.2, 0.25) is 0 Å². The molecule has 19 heavy (non-hydrogen) atoms. The normalized spacial score (nSPS) is 19.7. The number of hydrogen-bond donors (Lipinski definition) is 1. The van der Waals surface area contributed by atoms with Gasteiger partial charge in [-0.1, -0.05) is 0 Å². The maximum absolute atomic E-state index is 11.2. The topological polar surface area (TPSA) is 81.9 Å². The molecule has 0 bridgehead atoms. The molecule has 3 rings (SSSR count). The van der Waals surface area contributed by atoms with Gasteiger partial charge >= 0.3 is 0 Å². The third kappa shape index (κ3) is 2.26. The first-order valence-electron chi connectivity index (χ1n) is 6.24. The molecule has 1 amide bonds. The number of fused-ring (bicyclic) bond motifs is 1. The fourth-order valence-electron chi connectivity index (χ4n) is 2.31. The Morgan fingerprint density at radius 1 is 1.21 bits per heavy atom. The van der Waals surface area contributed by atoms with Crippen LogP contribution in [0.3, 0.4) is 0 Å². The third-order valence-electron chi connectivity index (χ3n) is 3.42. The van der Waals surface area contributed by atoms with Crippen LogP contribution < -0.4 is 15.4 Å². The summed E-state index contributed by atoms with van der Waals surface area (Å²) in [7, 11) is 0. The lowest BCUT2D eigenvalue weighted by molar-refractivity contribution is -0.258. The highest BCUT2D eigenvalue weighted by molar-refractivity contribution is 5.93. The molecule has 6 nitrogen and oxygen atoms in total. The zero-order chi connectivity index (χ0) is 13.4. The molecule has 2 aliphatic rings. The Kier molecular flexibility index (Phi) is 2.87. The van der Waals surface area contributed by atoms with Crippen molar-refractivity contribution in [3.8, 4) is 11.5 Å². The minimum absolute atomic E-state index is 0.0575. The van der Waals surface area contributed by atoms with Gasteiger partial charge in [-0.25, -0.2) is 0 Å². The van der Waals surface area contributed by atoms with Crippen LogP contribution in [-0.4, -0.2) is 23.0 Å². The Balaban J connectivity index is 1.73. The van der Waals surface area contributed by atoms with E-state index in [2.05, 4.69) is 0 Å². The lowest BCUT2D eigenvalue weighted by Gasteiger charge is -2.26. The Morgan fingerprint density at radius 3 is 2.58 bits per heavy atom. The molecule has 0 atom stereocenters. The van der Waals surface area contributed by atoms with E-state index in [0.29, 0.717) is 29.9 Å². The molecule has 0 aromatic heterocycles. The van der Waals surface area contributed by atoms with E-state index in [1.54, 1.807) is 18.2 Å². The second-order valence-electron chi connectivity index (χ2n) is 4.76. The smallest absolute Gasteiger partial charge is 0.248 e. The van der Waals surface area contributed by atoms with Gasteiger partial charge in [-0.05, 0) is 31.0 Å². The molecule has 6 heteroatoms. The maximum atomic E-state index is 11.2. The Hall–Kier alpha value is -2.08. The molecule has 1 aliphatic carbocycles. The summed E-state index contributed by atoms with van der Waals surface area (Å²) in [4.78, 5) is 33.4. The minimum atomic E-state index is -0.506. The van der Waals surface area contributed by atoms with Gasteiger partial charge in [0.15, 0.2) is 11.5 Å². The second-order valence-corrected chi connectivity index (χ2v) is 4.76. The molecule has 2 N–H and O–H groups in total. The largest absolute Gasteiger partial charge is 0.367 e. The van der Waals surface area contributed by atoms with Crippen molar-refractivity contribution >= 4 is 11.7 Å². The highest BCUT2D eigenvalue weighted by Gasteiger charge is 2.33. The molecular formula is C13H14N2O4. The van der Waals surface area contributed by atoms with Crippen LogP contribution >= 0.6 is 0 Å². The van der Waals surface area contributed by atoms with Crippen molar-refractivity contribution in [2.75, 3.05) is 0 Å². The number of benzene rings is 1. The van der Waals surface area contributed by atoms with Gasteiger partial charge in [0.25, 0.3) is 0 Å². The summed E-state index contributed by atoms with van der Waals surface area (Å²) >= 11 is 0. The predicted molar refractivity (Wildman–Crippen MR) is 65.3 cm³/mol. The van der Waals surface area contributed by atoms with Crippen LogP contribution in [0, 0.1) is 0 Å². The van der Waals surface area contributed by atoms with Gasteiger partial charge in [-0.15, -0.1) is 0 Å². The summed E-state index contributed by atoms with van der Waals surface area (Å²) < 4.78 is 0.